The van der Waals surface area contributed by atoms with Gasteiger partial charge in [-0.2, -0.15) is 0 Å². The molecule has 144 valence electrons. The van der Waals surface area contributed by atoms with Gasteiger partial charge < -0.3 is 18.9 Å². The largest absolute Gasteiger partial charge is 0.381 e. The van der Waals surface area contributed by atoms with E-state index in [9.17, 15) is 4.79 Å². The normalized spacial score (nSPS) is 25.2. The lowest BCUT2D eigenvalue weighted by molar-refractivity contribution is -0.137. The van der Waals surface area contributed by atoms with Gasteiger partial charge in [0.2, 0.25) is 5.91 Å². The van der Waals surface area contributed by atoms with Crippen LogP contribution in [0.1, 0.15) is 31.4 Å². The Morgan fingerprint density at radius 3 is 2.81 bits per heavy atom. The number of ether oxygens (including phenoxy) is 2. The fraction of sp³-hybridized carbons (Fsp3) is 0.750. The molecule has 0 saturated carbocycles. The second kappa shape index (κ2) is 8.55. The quantitative estimate of drug-likeness (QED) is 0.802. The number of fused-ring (bicyclic) bond motifs is 1. The van der Waals surface area contributed by atoms with E-state index in [0.717, 1.165) is 78.2 Å². The van der Waals surface area contributed by atoms with Crippen LogP contribution >= 0.6 is 0 Å². The van der Waals surface area contributed by atoms with Gasteiger partial charge in [-0.15, -0.1) is 0 Å². The maximum Gasteiger partial charge on any atom is 0.248 e. The van der Waals surface area contributed by atoms with Crippen molar-refractivity contribution in [3.63, 3.8) is 0 Å². The highest BCUT2D eigenvalue weighted by Crippen LogP contribution is 2.21. The van der Waals surface area contributed by atoms with Crippen LogP contribution in [0.25, 0.3) is 0 Å². The summed E-state index contributed by atoms with van der Waals surface area (Å²) in [5.41, 5.74) is 1.34. The lowest BCUT2D eigenvalue weighted by Gasteiger charge is -2.30. The topological polar surface area (TPSA) is 46.9 Å². The summed E-state index contributed by atoms with van der Waals surface area (Å²) in [4.78, 5) is 16.8. The van der Waals surface area contributed by atoms with E-state index in [1.165, 1.54) is 5.69 Å². The molecule has 0 radical (unpaired) electrons. The summed E-state index contributed by atoms with van der Waals surface area (Å²) in [7, 11) is 0. The molecule has 0 aliphatic carbocycles. The van der Waals surface area contributed by atoms with Gasteiger partial charge in [-0.3, -0.25) is 9.69 Å². The molecule has 1 aromatic rings. The Kier molecular flexibility index (Phi) is 5.92. The summed E-state index contributed by atoms with van der Waals surface area (Å²) < 4.78 is 13.9. The van der Waals surface area contributed by atoms with Gasteiger partial charge in [0.25, 0.3) is 0 Å². The molecule has 6 nitrogen and oxygen atoms in total. The first kappa shape index (κ1) is 18.0. The highest BCUT2D eigenvalue weighted by molar-refractivity contribution is 5.77. The van der Waals surface area contributed by atoms with Crippen molar-refractivity contribution in [2.45, 2.75) is 44.9 Å². The van der Waals surface area contributed by atoms with Crippen LogP contribution in [-0.2, 0) is 27.4 Å². The van der Waals surface area contributed by atoms with Gasteiger partial charge in [0.1, 0.15) is 6.61 Å². The van der Waals surface area contributed by atoms with E-state index in [2.05, 4.69) is 27.8 Å². The van der Waals surface area contributed by atoms with Gasteiger partial charge >= 0.3 is 0 Å². The third-order valence-electron chi connectivity index (χ3n) is 5.93. The summed E-state index contributed by atoms with van der Waals surface area (Å²) in [6, 6.07) is 4.31. The molecule has 6 heteroatoms. The predicted octanol–water partition coefficient (Wildman–Crippen LogP) is 1.74. The predicted molar refractivity (Wildman–Crippen MR) is 98.8 cm³/mol. The average Bonchev–Trinajstić information content (AvgIpc) is 3.30. The Morgan fingerprint density at radius 1 is 1.19 bits per heavy atom. The van der Waals surface area contributed by atoms with Crippen molar-refractivity contribution in [2.75, 3.05) is 46.0 Å². The number of aromatic nitrogens is 1. The number of rotatable bonds is 5. The maximum absolute atomic E-state index is 12.3. The molecule has 0 spiro atoms. The molecule has 1 aromatic heterocycles. The Bertz CT molecular complexity index is 591. The lowest BCUT2D eigenvalue weighted by atomic mass is 9.99. The molecular weight excluding hydrogens is 330 g/mol. The Labute approximate surface area is 156 Å². The highest BCUT2D eigenvalue weighted by atomic mass is 16.5. The van der Waals surface area contributed by atoms with Crippen molar-refractivity contribution in [1.82, 2.24) is 14.4 Å². The molecule has 0 bridgehead atoms. The van der Waals surface area contributed by atoms with Gasteiger partial charge in [-0.05, 0) is 43.7 Å². The standard InChI is InChI=1S/C20H31N3O3/c24-20(22-7-1-2-8-22)16-26-19-14-21(12-17-5-10-25-11-6-17)13-18-4-3-9-23(18)15-19/h3-4,9,17,19H,1-2,5-8,10-16H2. The molecule has 2 fully saturated rings. The first-order chi connectivity index (χ1) is 12.8. The van der Waals surface area contributed by atoms with E-state index in [1.807, 2.05) is 4.90 Å². The van der Waals surface area contributed by atoms with Crippen molar-refractivity contribution < 1.29 is 14.3 Å². The van der Waals surface area contributed by atoms with Gasteiger partial charge in [0, 0.05) is 64.4 Å². The van der Waals surface area contributed by atoms with Crippen molar-refractivity contribution in [3.05, 3.63) is 24.0 Å². The summed E-state index contributed by atoms with van der Waals surface area (Å²) in [6.45, 7) is 7.56. The molecule has 0 N–H and O–H groups in total. The lowest BCUT2D eigenvalue weighted by Crippen LogP contribution is -2.39. The minimum absolute atomic E-state index is 0.0649. The molecule has 26 heavy (non-hydrogen) atoms. The second-order valence-corrected chi connectivity index (χ2v) is 7.92. The fourth-order valence-corrected chi connectivity index (χ4v) is 4.42. The molecule has 1 atom stereocenters. The SMILES string of the molecule is O=C(COC1CN(CC2CCOCC2)Cc2cccn2C1)N1CCCC1. The van der Waals surface area contributed by atoms with Gasteiger partial charge in [0.15, 0.2) is 0 Å². The van der Waals surface area contributed by atoms with Crippen LogP contribution < -0.4 is 0 Å². The Hall–Kier alpha value is -1.37. The molecular formula is C20H31N3O3. The minimum atomic E-state index is 0.0649. The highest BCUT2D eigenvalue weighted by Gasteiger charge is 2.26. The van der Waals surface area contributed by atoms with Crippen molar-refractivity contribution in [3.8, 4) is 0 Å². The number of nitrogens with zero attached hydrogens (tertiary/aromatic N) is 3. The molecule has 4 rings (SSSR count). The first-order valence-electron chi connectivity index (χ1n) is 10.1. The average molecular weight is 361 g/mol. The van der Waals surface area contributed by atoms with E-state index >= 15 is 0 Å². The van der Waals surface area contributed by atoms with E-state index in [1.54, 1.807) is 0 Å². The van der Waals surface area contributed by atoms with Crippen LogP contribution in [0.4, 0.5) is 0 Å². The van der Waals surface area contributed by atoms with E-state index < -0.39 is 0 Å². The summed E-state index contributed by atoms with van der Waals surface area (Å²) in [5.74, 6) is 0.854. The van der Waals surface area contributed by atoms with Crippen LogP contribution in [0, 0.1) is 5.92 Å². The zero-order valence-electron chi connectivity index (χ0n) is 15.6. The third kappa shape index (κ3) is 4.48. The molecule has 1 amide bonds. The van der Waals surface area contributed by atoms with Gasteiger partial charge in [-0.1, -0.05) is 0 Å². The fourth-order valence-electron chi connectivity index (χ4n) is 4.42. The van der Waals surface area contributed by atoms with Crippen LogP contribution in [0.15, 0.2) is 18.3 Å². The zero-order valence-corrected chi connectivity index (χ0v) is 15.6. The summed E-state index contributed by atoms with van der Waals surface area (Å²) >= 11 is 0. The van der Waals surface area contributed by atoms with Crippen molar-refractivity contribution in [2.24, 2.45) is 5.92 Å². The number of likely N-dealkylation sites (tertiary alicyclic amines) is 1. The van der Waals surface area contributed by atoms with Gasteiger partial charge in [-0.25, -0.2) is 0 Å². The van der Waals surface area contributed by atoms with Crippen molar-refractivity contribution in [1.29, 1.82) is 0 Å². The smallest absolute Gasteiger partial charge is 0.248 e. The number of carbonyl (C=O) groups is 1. The maximum atomic E-state index is 12.3. The molecule has 2 saturated heterocycles. The Morgan fingerprint density at radius 2 is 2.00 bits per heavy atom. The van der Waals surface area contributed by atoms with E-state index in [-0.39, 0.29) is 18.6 Å². The molecule has 3 aliphatic rings. The molecule has 0 aromatic carbocycles. The number of hydrogen-bond acceptors (Lipinski definition) is 4. The molecule has 4 heterocycles. The monoisotopic (exact) mass is 361 g/mol. The number of hydrogen-bond donors (Lipinski definition) is 0. The molecule has 3 aliphatic heterocycles. The zero-order chi connectivity index (χ0) is 17.8. The number of carbonyl (C=O) groups excluding carboxylic acids is 1. The van der Waals surface area contributed by atoms with E-state index in [0.29, 0.717) is 5.92 Å². The van der Waals surface area contributed by atoms with Crippen LogP contribution in [0.3, 0.4) is 0 Å². The summed E-state index contributed by atoms with van der Waals surface area (Å²) in [6.07, 6.45) is 6.75. The van der Waals surface area contributed by atoms with Crippen molar-refractivity contribution >= 4 is 5.91 Å². The second-order valence-electron chi connectivity index (χ2n) is 7.92. The Balaban J connectivity index is 1.36. The van der Waals surface area contributed by atoms with Gasteiger partial charge in [0.05, 0.1) is 6.10 Å². The summed E-state index contributed by atoms with van der Waals surface area (Å²) in [5, 5.41) is 0. The van der Waals surface area contributed by atoms with Crippen LogP contribution in [0.2, 0.25) is 0 Å². The van der Waals surface area contributed by atoms with Crippen LogP contribution in [0.5, 0.6) is 0 Å². The first-order valence-corrected chi connectivity index (χ1v) is 10.1. The van der Waals surface area contributed by atoms with Crippen LogP contribution in [-0.4, -0.2) is 72.4 Å². The molecule has 1 unspecified atom stereocenters. The number of amides is 1. The minimum Gasteiger partial charge on any atom is -0.381 e. The van der Waals surface area contributed by atoms with E-state index in [4.69, 9.17) is 9.47 Å². The third-order valence-corrected chi connectivity index (χ3v) is 5.93.